The third-order valence-electron chi connectivity index (χ3n) is 6.17. The second-order valence-corrected chi connectivity index (χ2v) is 8.43. The van der Waals surface area contributed by atoms with E-state index in [9.17, 15) is 9.90 Å². The van der Waals surface area contributed by atoms with Crippen molar-refractivity contribution in [2.75, 3.05) is 19.0 Å². The molecule has 1 amide bonds. The first-order chi connectivity index (χ1) is 14.5. The van der Waals surface area contributed by atoms with Crippen LogP contribution >= 0.6 is 0 Å². The number of nitrogens with zero attached hydrogens (tertiary/aromatic N) is 2. The number of pyridine rings is 1. The van der Waals surface area contributed by atoms with E-state index < -0.39 is 6.35 Å². The van der Waals surface area contributed by atoms with Crippen molar-refractivity contribution in [3.8, 4) is 0 Å². The predicted octanol–water partition coefficient (Wildman–Crippen LogP) is 2.91. The molecule has 0 radical (unpaired) electrons. The monoisotopic (exact) mass is 406 g/mol. The molecule has 6 heteroatoms. The van der Waals surface area contributed by atoms with Crippen molar-refractivity contribution in [1.29, 1.82) is 0 Å². The summed E-state index contributed by atoms with van der Waals surface area (Å²) in [6, 6.07) is 16.5. The summed E-state index contributed by atoms with van der Waals surface area (Å²) >= 11 is 0. The maximum absolute atomic E-state index is 12.8. The van der Waals surface area contributed by atoms with E-state index in [1.165, 1.54) is 5.56 Å². The molecular weight excluding hydrogens is 376 g/mol. The van der Waals surface area contributed by atoms with Gasteiger partial charge >= 0.3 is 0 Å². The van der Waals surface area contributed by atoms with E-state index in [-0.39, 0.29) is 11.8 Å². The van der Waals surface area contributed by atoms with Crippen molar-refractivity contribution in [3.63, 3.8) is 0 Å². The summed E-state index contributed by atoms with van der Waals surface area (Å²) in [5.74, 6) is 1.46. The van der Waals surface area contributed by atoms with E-state index in [0.29, 0.717) is 17.9 Å². The lowest BCUT2D eigenvalue weighted by molar-refractivity contribution is -0.122. The molecule has 0 saturated heterocycles. The van der Waals surface area contributed by atoms with E-state index in [1.54, 1.807) is 0 Å². The van der Waals surface area contributed by atoms with Gasteiger partial charge in [-0.1, -0.05) is 36.4 Å². The lowest BCUT2D eigenvalue weighted by Gasteiger charge is -2.35. The Morgan fingerprint density at radius 2 is 1.67 bits per heavy atom. The van der Waals surface area contributed by atoms with Gasteiger partial charge in [0.15, 0.2) is 0 Å². The fraction of sp³-hybridized carbons (Fsp3) is 0.417. The molecule has 1 fully saturated rings. The van der Waals surface area contributed by atoms with Crippen molar-refractivity contribution in [3.05, 3.63) is 71.1 Å². The molecule has 2 heterocycles. The van der Waals surface area contributed by atoms with Crippen LogP contribution in [0.5, 0.6) is 0 Å². The van der Waals surface area contributed by atoms with Gasteiger partial charge < -0.3 is 20.6 Å². The Labute approximate surface area is 178 Å². The fourth-order valence-corrected chi connectivity index (χ4v) is 4.58. The Hall–Kier alpha value is -2.86. The van der Waals surface area contributed by atoms with Crippen LogP contribution in [0.4, 0.5) is 5.82 Å². The van der Waals surface area contributed by atoms with Crippen LogP contribution in [0.3, 0.4) is 0 Å². The van der Waals surface area contributed by atoms with Crippen LogP contribution in [-0.2, 0) is 11.2 Å². The highest BCUT2D eigenvalue weighted by Crippen LogP contribution is 2.39. The topological polar surface area (TPSA) is 77.5 Å². The average molecular weight is 407 g/mol. The third kappa shape index (κ3) is 4.49. The van der Waals surface area contributed by atoms with Crippen molar-refractivity contribution in [1.82, 2.24) is 15.6 Å². The summed E-state index contributed by atoms with van der Waals surface area (Å²) in [5.41, 5.74) is 3.81. The van der Waals surface area contributed by atoms with Crippen LogP contribution in [0.2, 0.25) is 0 Å². The number of hydrogen-bond acceptors (Lipinski definition) is 5. The highest BCUT2D eigenvalue weighted by atomic mass is 16.3. The second-order valence-electron chi connectivity index (χ2n) is 8.43. The maximum atomic E-state index is 12.8. The summed E-state index contributed by atoms with van der Waals surface area (Å²) in [6.07, 6.45) is 3.57. The summed E-state index contributed by atoms with van der Waals surface area (Å²) in [6.45, 7) is 0. The summed E-state index contributed by atoms with van der Waals surface area (Å²) in [4.78, 5) is 19.4. The van der Waals surface area contributed by atoms with Gasteiger partial charge in [-0.2, -0.15) is 0 Å². The van der Waals surface area contributed by atoms with Gasteiger partial charge in [0.05, 0.1) is 0 Å². The van der Waals surface area contributed by atoms with Gasteiger partial charge in [-0.25, -0.2) is 4.98 Å². The second kappa shape index (κ2) is 8.88. The first-order valence-corrected chi connectivity index (χ1v) is 10.7. The smallest absolute Gasteiger partial charge is 0.252 e. The number of aliphatic hydroxyl groups is 1. The number of amides is 1. The maximum Gasteiger partial charge on any atom is 0.252 e. The van der Waals surface area contributed by atoms with Crippen LogP contribution in [0.25, 0.3) is 0 Å². The van der Waals surface area contributed by atoms with E-state index in [1.807, 2.05) is 37.2 Å². The molecule has 3 N–H and O–H groups in total. The zero-order valence-electron chi connectivity index (χ0n) is 17.6. The third-order valence-corrected chi connectivity index (χ3v) is 6.17. The van der Waals surface area contributed by atoms with Gasteiger partial charge in [0.2, 0.25) is 6.35 Å². The number of aromatic nitrogens is 1. The first kappa shape index (κ1) is 20.4. The minimum atomic E-state index is -1.04. The summed E-state index contributed by atoms with van der Waals surface area (Å²) in [5, 5.41) is 15.9. The number of carbonyl (C=O) groups is 1. The van der Waals surface area contributed by atoms with Crippen LogP contribution < -0.4 is 15.5 Å². The number of nitrogens with one attached hydrogen (secondary N) is 2. The molecule has 4 rings (SSSR count). The van der Waals surface area contributed by atoms with Crippen LogP contribution in [-0.4, -0.2) is 36.4 Å². The summed E-state index contributed by atoms with van der Waals surface area (Å²) < 4.78 is 0. The minimum absolute atomic E-state index is 0.210. The Bertz CT molecular complexity index is 918. The molecule has 1 aromatic carbocycles. The van der Waals surface area contributed by atoms with Crippen molar-refractivity contribution >= 4 is 11.7 Å². The molecular formula is C24H30N4O2. The normalized spacial score (nSPS) is 24.2. The quantitative estimate of drug-likeness (QED) is 0.712. The molecule has 1 aliphatic heterocycles. The number of aliphatic hydroxyl groups excluding tert-OH is 1. The Balaban J connectivity index is 1.55. The SMILES string of the molecule is CN(C)c1cccc(CC2=C(C3CCC(c4ccccc4)CC3)NC(O)NC2=O)n1. The van der Waals surface area contributed by atoms with Crippen LogP contribution in [0, 0.1) is 5.92 Å². The number of rotatable bonds is 5. The number of allylic oxidation sites excluding steroid dienone is 1. The molecule has 1 saturated carbocycles. The Kier molecular flexibility index (Phi) is 6.04. The van der Waals surface area contributed by atoms with Crippen molar-refractivity contribution < 1.29 is 9.90 Å². The van der Waals surface area contributed by atoms with E-state index in [4.69, 9.17) is 0 Å². The van der Waals surface area contributed by atoms with E-state index >= 15 is 0 Å². The molecule has 1 aromatic heterocycles. The number of anilines is 1. The highest BCUT2D eigenvalue weighted by Gasteiger charge is 2.32. The zero-order chi connectivity index (χ0) is 21.1. The molecule has 158 valence electrons. The van der Waals surface area contributed by atoms with E-state index in [0.717, 1.165) is 42.9 Å². The van der Waals surface area contributed by atoms with Crippen molar-refractivity contribution in [2.24, 2.45) is 5.92 Å². The zero-order valence-corrected chi connectivity index (χ0v) is 17.6. The van der Waals surface area contributed by atoms with Crippen LogP contribution in [0.15, 0.2) is 59.8 Å². The number of benzene rings is 1. The molecule has 2 aliphatic rings. The molecule has 0 bridgehead atoms. The molecule has 30 heavy (non-hydrogen) atoms. The minimum Gasteiger partial charge on any atom is -0.363 e. The lowest BCUT2D eigenvalue weighted by atomic mass is 9.76. The van der Waals surface area contributed by atoms with Gasteiger partial charge in [0, 0.05) is 37.5 Å². The van der Waals surface area contributed by atoms with Crippen LogP contribution in [0.1, 0.15) is 42.9 Å². The molecule has 1 atom stereocenters. The van der Waals surface area contributed by atoms with Crippen molar-refractivity contribution in [2.45, 2.75) is 44.4 Å². The Morgan fingerprint density at radius 1 is 0.967 bits per heavy atom. The van der Waals surface area contributed by atoms with Gasteiger partial charge in [0.1, 0.15) is 5.82 Å². The van der Waals surface area contributed by atoms with Gasteiger partial charge in [-0.3, -0.25) is 4.79 Å². The largest absolute Gasteiger partial charge is 0.363 e. The van der Waals surface area contributed by atoms with Gasteiger partial charge in [-0.15, -0.1) is 0 Å². The number of carbonyl (C=O) groups excluding carboxylic acids is 1. The first-order valence-electron chi connectivity index (χ1n) is 10.7. The summed E-state index contributed by atoms with van der Waals surface area (Å²) in [7, 11) is 3.90. The molecule has 1 aliphatic carbocycles. The fourth-order valence-electron chi connectivity index (χ4n) is 4.58. The van der Waals surface area contributed by atoms with E-state index in [2.05, 4.69) is 45.9 Å². The highest BCUT2D eigenvalue weighted by molar-refractivity contribution is 5.95. The predicted molar refractivity (Wildman–Crippen MR) is 118 cm³/mol. The standard InChI is InChI=1S/C24H30N4O2/c1-28(2)21-10-6-9-19(25-21)15-20-22(26-24(30)27-23(20)29)18-13-11-17(12-14-18)16-7-4-3-5-8-16/h3-10,17-18,24,26,30H,11-15H2,1-2H3,(H,27,29). The average Bonchev–Trinajstić information content (AvgIpc) is 2.76. The molecule has 6 nitrogen and oxygen atoms in total. The number of hydrogen-bond donors (Lipinski definition) is 3. The molecule has 1 unspecified atom stereocenters. The van der Waals surface area contributed by atoms with Gasteiger partial charge in [-0.05, 0) is 55.2 Å². The van der Waals surface area contributed by atoms with Gasteiger partial charge in [0.25, 0.3) is 5.91 Å². The molecule has 2 aromatic rings. The molecule has 0 spiro atoms. The Morgan fingerprint density at radius 3 is 2.37 bits per heavy atom. The lowest BCUT2D eigenvalue weighted by Crippen LogP contribution is -2.52.